The number of urea groups is 1. The molecule has 1 saturated carbocycles. The Bertz CT molecular complexity index is 578. The first-order chi connectivity index (χ1) is 11.7. The minimum absolute atomic E-state index is 0.190. The molecule has 2 N–H and O–H groups in total. The number of nitrogens with one attached hydrogen (secondary N) is 2. The second kappa shape index (κ2) is 10.1. The van der Waals surface area contributed by atoms with E-state index in [0.717, 1.165) is 31.2 Å². The van der Waals surface area contributed by atoms with Gasteiger partial charge in [-0.2, -0.15) is 5.26 Å². The van der Waals surface area contributed by atoms with Crippen LogP contribution in [-0.4, -0.2) is 29.1 Å². The lowest BCUT2D eigenvalue weighted by Crippen LogP contribution is -2.40. The number of nitriles is 1. The minimum Gasteiger partial charge on any atom is -0.338 e. The van der Waals surface area contributed by atoms with E-state index in [2.05, 4.69) is 16.7 Å². The molecule has 24 heavy (non-hydrogen) atoms. The molecule has 1 aromatic rings. The van der Waals surface area contributed by atoms with Crippen molar-refractivity contribution in [1.29, 1.82) is 5.26 Å². The zero-order chi connectivity index (χ0) is 17.2. The Morgan fingerprint density at radius 2 is 1.88 bits per heavy atom. The molecular formula is C18H25N3O2S. The summed E-state index contributed by atoms with van der Waals surface area (Å²) in [5.74, 6) is 1.63. The summed E-state index contributed by atoms with van der Waals surface area (Å²) in [6.07, 6.45) is 3.87. The van der Waals surface area contributed by atoms with E-state index in [1.165, 1.54) is 0 Å². The monoisotopic (exact) mass is 347 g/mol. The van der Waals surface area contributed by atoms with Crippen molar-refractivity contribution in [3.05, 3.63) is 35.9 Å². The Kier molecular flexibility index (Phi) is 7.76. The summed E-state index contributed by atoms with van der Waals surface area (Å²) in [7, 11) is -0.974. The Morgan fingerprint density at radius 1 is 1.17 bits per heavy atom. The fraction of sp³-hybridized carbons (Fsp3) is 0.556. The molecule has 0 radical (unpaired) electrons. The molecular weight excluding hydrogens is 322 g/mol. The highest BCUT2D eigenvalue weighted by atomic mass is 32.2. The molecule has 2 rings (SSSR count). The van der Waals surface area contributed by atoms with Crippen molar-refractivity contribution in [2.75, 3.05) is 18.8 Å². The number of hydrogen-bond acceptors (Lipinski definition) is 3. The van der Waals surface area contributed by atoms with Gasteiger partial charge in [-0.15, -0.1) is 0 Å². The van der Waals surface area contributed by atoms with E-state index >= 15 is 0 Å². The summed E-state index contributed by atoms with van der Waals surface area (Å²) >= 11 is 0. The van der Waals surface area contributed by atoms with Gasteiger partial charge in [0.1, 0.15) is 0 Å². The number of amides is 2. The molecule has 1 aliphatic carbocycles. The Morgan fingerprint density at radius 3 is 2.54 bits per heavy atom. The summed E-state index contributed by atoms with van der Waals surface area (Å²) in [5, 5.41) is 14.5. The SMILES string of the molecule is N#CC1CCC(CNC(=O)NCCS(=O)Cc2ccccc2)CC1. The third kappa shape index (κ3) is 6.71. The molecule has 6 heteroatoms. The standard InChI is InChI=1S/C18H25N3O2S/c19-12-15-6-8-16(9-7-15)13-21-18(22)20-10-11-24(23)14-17-4-2-1-3-5-17/h1-5,15-16H,6-11,13-14H2,(H2,20,21,22). The third-order valence-electron chi connectivity index (χ3n) is 4.37. The quantitative estimate of drug-likeness (QED) is 0.795. The average molecular weight is 347 g/mol. The molecule has 1 unspecified atom stereocenters. The highest BCUT2D eigenvalue weighted by Crippen LogP contribution is 2.27. The van der Waals surface area contributed by atoms with Crippen molar-refractivity contribution in [1.82, 2.24) is 10.6 Å². The molecule has 0 aliphatic heterocycles. The van der Waals surface area contributed by atoms with Gasteiger partial charge >= 0.3 is 6.03 Å². The first kappa shape index (κ1) is 18.5. The maximum atomic E-state index is 12.0. The smallest absolute Gasteiger partial charge is 0.314 e. The van der Waals surface area contributed by atoms with Crippen LogP contribution in [0.15, 0.2) is 30.3 Å². The molecule has 0 bridgehead atoms. The van der Waals surface area contributed by atoms with Crippen LogP contribution < -0.4 is 10.6 Å². The lowest BCUT2D eigenvalue weighted by molar-refractivity contribution is 0.235. The van der Waals surface area contributed by atoms with Crippen LogP contribution in [0.3, 0.4) is 0 Å². The number of hydrogen-bond donors (Lipinski definition) is 2. The van der Waals surface area contributed by atoms with Gasteiger partial charge in [0.2, 0.25) is 0 Å². The van der Waals surface area contributed by atoms with Gasteiger partial charge in [0, 0.05) is 41.3 Å². The van der Waals surface area contributed by atoms with E-state index in [4.69, 9.17) is 5.26 Å². The van der Waals surface area contributed by atoms with Crippen molar-refractivity contribution < 1.29 is 9.00 Å². The van der Waals surface area contributed by atoms with Crippen LogP contribution in [-0.2, 0) is 16.6 Å². The van der Waals surface area contributed by atoms with Crippen LogP contribution in [0.4, 0.5) is 4.79 Å². The molecule has 1 aliphatic rings. The molecule has 5 nitrogen and oxygen atoms in total. The van der Waals surface area contributed by atoms with Crippen molar-refractivity contribution >= 4 is 16.8 Å². The minimum atomic E-state index is -0.974. The zero-order valence-corrected chi connectivity index (χ0v) is 14.7. The zero-order valence-electron chi connectivity index (χ0n) is 13.9. The lowest BCUT2D eigenvalue weighted by Gasteiger charge is -2.24. The molecule has 130 valence electrons. The Labute approximate surface area is 146 Å². The maximum Gasteiger partial charge on any atom is 0.314 e. The van der Waals surface area contributed by atoms with Gasteiger partial charge in [0.25, 0.3) is 0 Å². The largest absolute Gasteiger partial charge is 0.338 e. The van der Waals surface area contributed by atoms with Crippen molar-refractivity contribution in [2.24, 2.45) is 11.8 Å². The summed E-state index contributed by atoms with van der Waals surface area (Å²) < 4.78 is 12.0. The molecule has 0 spiro atoms. The molecule has 1 fully saturated rings. The van der Waals surface area contributed by atoms with Crippen molar-refractivity contribution in [3.63, 3.8) is 0 Å². The maximum absolute atomic E-state index is 12.0. The van der Waals surface area contributed by atoms with Crippen LogP contribution in [0.5, 0.6) is 0 Å². The predicted molar refractivity (Wildman–Crippen MR) is 95.6 cm³/mol. The molecule has 2 amide bonds. The lowest BCUT2D eigenvalue weighted by atomic mass is 9.83. The molecule has 0 saturated heterocycles. The van der Waals surface area contributed by atoms with E-state index < -0.39 is 10.8 Å². The fourth-order valence-corrected chi connectivity index (χ4v) is 3.94. The van der Waals surface area contributed by atoms with Gasteiger partial charge in [0.15, 0.2) is 0 Å². The first-order valence-electron chi connectivity index (χ1n) is 8.47. The summed E-state index contributed by atoms with van der Waals surface area (Å²) in [6.45, 7) is 1.06. The van der Waals surface area contributed by atoms with Gasteiger partial charge in [0.05, 0.1) is 6.07 Å². The van der Waals surface area contributed by atoms with Gasteiger partial charge in [-0.1, -0.05) is 30.3 Å². The third-order valence-corrected chi connectivity index (χ3v) is 5.68. The highest BCUT2D eigenvalue weighted by Gasteiger charge is 2.21. The van der Waals surface area contributed by atoms with Crippen LogP contribution in [0.1, 0.15) is 31.2 Å². The number of benzene rings is 1. The number of carbonyl (C=O) groups is 1. The van der Waals surface area contributed by atoms with Crippen LogP contribution >= 0.6 is 0 Å². The molecule has 0 aromatic heterocycles. The number of carbonyl (C=O) groups excluding carboxylic acids is 1. The van der Waals surface area contributed by atoms with Crippen molar-refractivity contribution in [2.45, 2.75) is 31.4 Å². The van der Waals surface area contributed by atoms with E-state index in [1.807, 2.05) is 30.3 Å². The normalized spacial score (nSPS) is 21.5. The van der Waals surface area contributed by atoms with E-state index in [-0.39, 0.29) is 11.9 Å². The second-order valence-corrected chi connectivity index (χ2v) is 7.83. The summed E-state index contributed by atoms with van der Waals surface area (Å²) in [4.78, 5) is 11.8. The first-order valence-corrected chi connectivity index (χ1v) is 9.96. The molecule has 1 aromatic carbocycles. The van der Waals surface area contributed by atoms with E-state index in [0.29, 0.717) is 30.5 Å². The van der Waals surface area contributed by atoms with E-state index in [1.54, 1.807) is 0 Å². The topological polar surface area (TPSA) is 82.0 Å². The fourth-order valence-electron chi connectivity index (χ4n) is 2.91. The molecule has 0 heterocycles. The van der Waals surface area contributed by atoms with Gasteiger partial charge in [-0.25, -0.2) is 4.79 Å². The van der Waals surface area contributed by atoms with Crippen LogP contribution in [0.2, 0.25) is 0 Å². The van der Waals surface area contributed by atoms with Crippen LogP contribution in [0, 0.1) is 23.2 Å². The Hall–Kier alpha value is -1.87. The van der Waals surface area contributed by atoms with Crippen molar-refractivity contribution in [3.8, 4) is 6.07 Å². The van der Waals surface area contributed by atoms with Gasteiger partial charge in [-0.3, -0.25) is 4.21 Å². The van der Waals surface area contributed by atoms with Gasteiger partial charge < -0.3 is 10.6 Å². The highest BCUT2D eigenvalue weighted by molar-refractivity contribution is 7.84. The molecule has 1 atom stereocenters. The van der Waals surface area contributed by atoms with Gasteiger partial charge in [-0.05, 0) is 37.2 Å². The average Bonchev–Trinajstić information content (AvgIpc) is 2.61. The second-order valence-electron chi connectivity index (χ2n) is 6.26. The number of nitrogens with zero attached hydrogens (tertiary/aromatic N) is 1. The van der Waals surface area contributed by atoms with E-state index in [9.17, 15) is 9.00 Å². The van der Waals surface area contributed by atoms with Crippen LogP contribution in [0.25, 0.3) is 0 Å². The Balaban J connectivity index is 1.55. The number of rotatable bonds is 7. The predicted octanol–water partition coefficient (Wildman–Crippen LogP) is 2.56. The summed E-state index contributed by atoms with van der Waals surface area (Å²) in [6, 6.07) is 11.8. The summed E-state index contributed by atoms with van der Waals surface area (Å²) in [5.41, 5.74) is 1.05.